The van der Waals surface area contributed by atoms with Crippen molar-refractivity contribution in [2.24, 2.45) is 0 Å². The standard InChI is InChI=1S/C28H28FN3O4/c1-18-5-3-4-6-23(18)24-9-7-21(16-22(24)17-35-2)28-31-27(32-36-28)20-8-10-25(29)19(15-20)11-13-30-14-12-26(33)34/h3-10,15-16,30H,11-14,17H2,1-2H3,(H,33,34). The van der Waals surface area contributed by atoms with Gasteiger partial charge in [-0.1, -0.05) is 35.5 Å². The molecule has 0 aliphatic heterocycles. The monoisotopic (exact) mass is 489 g/mol. The number of nitrogens with one attached hydrogen (secondary N) is 1. The molecule has 0 radical (unpaired) electrons. The van der Waals surface area contributed by atoms with Crippen molar-refractivity contribution >= 4 is 5.97 Å². The molecule has 8 heteroatoms. The quantitative estimate of drug-likeness (QED) is 0.277. The largest absolute Gasteiger partial charge is 0.481 e. The maximum atomic E-state index is 14.3. The third kappa shape index (κ3) is 6.02. The molecule has 0 unspecified atom stereocenters. The second-order valence-electron chi connectivity index (χ2n) is 8.49. The Kier molecular flexibility index (Phi) is 8.20. The Morgan fingerprint density at radius 3 is 2.58 bits per heavy atom. The van der Waals surface area contributed by atoms with Crippen LogP contribution in [-0.4, -0.2) is 41.4 Å². The van der Waals surface area contributed by atoms with Crippen LogP contribution in [0.3, 0.4) is 0 Å². The van der Waals surface area contributed by atoms with Crippen molar-refractivity contribution in [1.82, 2.24) is 15.5 Å². The van der Waals surface area contributed by atoms with Gasteiger partial charge in [0.15, 0.2) is 0 Å². The number of halogens is 1. The molecule has 2 N–H and O–H groups in total. The van der Waals surface area contributed by atoms with Gasteiger partial charge in [-0.05, 0) is 78.0 Å². The Labute approximate surface area is 208 Å². The molecule has 1 aromatic heterocycles. The zero-order chi connectivity index (χ0) is 25.5. The summed E-state index contributed by atoms with van der Waals surface area (Å²) in [5.74, 6) is -0.484. The molecule has 4 rings (SSSR count). The molecule has 0 aliphatic carbocycles. The second-order valence-corrected chi connectivity index (χ2v) is 8.49. The normalized spacial score (nSPS) is 11.1. The molecule has 3 aromatic carbocycles. The molecule has 186 valence electrons. The lowest BCUT2D eigenvalue weighted by atomic mass is 9.94. The average Bonchev–Trinajstić information content (AvgIpc) is 3.36. The fourth-order valence-electron chi connectivity index (χ4n) is 4.05. The van der Waals surface area contributed by atoms with Crippen molar-refractivity contribution in [3.8, 4) is 34.0 Å². The third-order valence-electron chi connectivity index (χ3n) is 5.90. The molecule has 0 amide bonds. The number of hydrogen-bond acceptors (Lipinski definition) is 6. The molecule has 0 bridgehead atoms. The van der Waals surface area contributed by atoms with Gasteiger partial charge >= 0.3 is 5.97 Å². The van der Waals surface area contributed by atoms with E-state index in [4.69, 9.17) is 14.4 Å². The van der Waals surface area contributed by atoms with E-state index in [9.17, 15) is 9.18 Å². The Bertz CT molecular complexity index is 1350. The van der Waals surface area contributed by atoms with E-state index in [0.29, 0.717) is 49.0 Å². The molecule has 0 saturated heterocycles. The Hall–Kier alpha value is -3.88. The smallest absolute Gasteiger partial charge is 0.304 e. The molecule has 0 saturated carbocycles. The minimum atomic E-state index is -0.872. The van der Waals surface area contributed by atoms with Crippen molar-refractivity contribution in [3.63, 3.8) is 0 Å². The van der Waals surface area contributed by atoms with E-state index < -0.39 is 5.97 Å². The Balaban J connectivity index is 1.55. The van der Waals surface area contributed by atoms with E-state index in [-0.39, 0.29) is 12.2 Å². The predicted octanol–water partition coefficient (Wildman–Crippen LogP) is 5.27. The number of nitrogens with zero attached hydrogens (tertiary/aromatic N) is 2. The van der Waals surface area contributed by atoms with Crippen LogP contribution in [0.15, 0.2) is 65.2 Å². The van der Waals surface area contributed by atoms with Gasteiger partial charge < -0.3 is 19.7 Å². The van der Waals surface area contributed by atoms with Gasteiger partial charge in [0.1, 0.15) is 5.82 Å². The van der Waals surface area contributed by atoms with Crippen LogP contribution in [0.5, 0.6) is 0 Å². The van der Waals surface area contributed by atoms with Gasteiger partial charge in [-0.3, -0.25) is 4.79 Å². The number of aryl methyl sites for hydroxylation is 1. The number of ether oxygens (including phenoxy) is 1. The number of hydrogen-bond donors (Lipinski definition) is 2. The van der Waals surface area contributed by atoms with Crippen LogP contribution >= 0.6 is 0 Å². The van der Waals surface area contributed by atoms with Crippen LogP contribution in [0.25, 0.3) is 34.0 Å². The van der Waals surface area contributed by atoms with E-state index in [1.165, 1.54) is 11.6 Å². The summed E-state index contributed by atoms with van der Waals surface area (Å²) in [5, 5.41) is 15.8. The number of rotatable bonds is 11. The summed E-state index contributed by atoms with van der Waals surface area (Å²) < 4.78 is 25.3. The average molecular weight is 490 g/mol. The highest BCUT2D eigenvalue weighted by Crippen LogP contribution is 2.32. The fraction of sp³-hybridized carbons (Fsp3) is 0.250. The van der Waals surface area contributed by atoms with Crippen LogP contribution < -0.4 is 5.32 Å². The lowest BCUT2D eigenvalue weighted by molar-refractivity contribution is -0.136. The Morgan fingerprint density at radius 2 is 1.81 bits per heavy atom. The first kappa shape index (κ1) is 25.2. The first-order valence-corrected chi connectivity index (χ1v) is 11.7. The van der Waals surface area contributed by atoms with Crippen molar-refractivity contribution in [3.05, 3.63) is 83.2 Å². The number of carbonyl (C=O) groups is 1. The molecular weight excluding hydrogens is 461 g/mol. The van der Waals surface area contributed by atoms with Crippen molar-refractivity contribution in [1.29, 1.82) is 0 Å². The summed E-state index contributed by atoms with van der Waals surface area (Å²) in [7, 11) is 1.66. The van der Waals surface area contributed by atoms with Crippen LogP contribution in [0.2, 0.25) is 0 Å². The molecule has 0 fully saturated rings. The zero-order valence-electron chi connectivity index (χ0n) is 20.3. The van der Waals surface area contributed by atoms with Gasteiger partial charge in [0.25, 0.3) is 5.89 Å². The number of carboxylic acid groups (broad SMARTS) is 1. The number of aliphatic carboxylic acids is 1. The minimum absolute atomic E-state index is 0.0200. The first-order chi connectivity index (χ1) is 17.5. The molecule has 36 heavy (non-hydrogen) atoms. The van der Waals surface area contributed by atoms with Gasteiger partial charge in [0, 0.05) is 24.8 Å². The first-order valence-electron chi connectivity index (χ1n) is 11.7. The molecule has 0 atom stereocenters. The van der Waals surface area contributed by atoms with Crippen molar-refractivity contribution in [2.75, 3.05) is 20.2 Å². The highest BCUT2D eigenvalue weighted by atomic mass is 19.1. The lowest BCUT2D eigenvalue weighted by Gasteiger charge is -2.12. The predicted molar refractivity (Wildman–Crippen MR) is 135 cm³/mol. The number of carboxylic acids is 1. The van der Waals surface area contributed by atoms with E-state index in [1.54, 1.807) is 19.2 Å². The topological polar surface area (TPSA) is 97.5 Å². The van der Waals surface area contributed by atoms with Crippen molar-refractivity contribution < 1.29 is 23.6 Å². The molecule has 0 spiro atoms. The van der Waals surface area contributed by atoms with E-state index >= 15 is 0 Å². The molecule has 4 aromatic rings. The summed E-state index contributed by atoms with van der Waals surface area (Å²) >= 11 is 0. The van der Waals surface area contributed by atoms with Gasteiger partial charge in [-0.15, -0.1) is 0 Å². The highest BCUT2D eigenvalue weighted by molar-refractivity contribution is 5.74. The van der Waals surface area contributed by atoms with Gasteiger partial charge in [-0.25, -0.2) is 4.39 Å². The van der Waals surface area contributed by atoms with Gasteiger partial charge in [0.05, 0.1) is 13.0 Å². The molecule has 0 aliphatic rings. The molecule has 7 nitrogen and oxygen atoms in total. The maximum absolute atomic E-state index is 14.3. The molecular formula is C28H28FN3O4. The summed E-state index contributed by atoms with van der Waals surface area (Å²) in [5.41, 5.74) is 6.29. The van der Waals surface area contributed by atoms with Gasteiger partial charge in [0.2, 0.25) is 5.82 Å². The third-order valence-corrected chi connectivity index (χ3v) is 5.90. The maximum Gasteiger partial charge on any atom is 0.304 e. The SMILES string of the molecule is COCc1cc(-c2nc(-c3ccc(F)c(CCNCCC(=O)O)c3)no2)ccc1-c1ccccc1C. The van der Waals surface area contributed by atoms with Crippen molar-refractivity contribution in [2.45, 2.75) is 26.4 Å². The Morgan fingerprint density at radius 1 is 1.03 bits per heavy atom. The van der Waals surface area contributed by atoms with E-state index in [2.05, 4.69) is 34.5 Å². The number of aromatic nitrogens is 2. The van der Waals surface area contributed by atoms with Gasteiger partial charge in [-0.2, -0.15) is 4.98 Å². The van der Waals surface area contributed by atoms with Crippen LogP contribution in [0.4, 0.5) is 4.39 Å². The van der Waals surface area contributed by atoms with E-state index in [1.807, 2.05) is 30.3 Å². The zero-order valence-corrected chi connectivity index (χ0v) is 20.3. The van der Waals surface area contributed by atoms with E-state index in [0.717, 1.165) is 22.3 Å². The molecule has 1 heterocycles. The van der Waals surface area contributed by atoms with Crippen LogP contribution in [0.1, 0.15) is 23.1 Å². The fourth-order valence-corrected chi connectivity index (χ4v) is 4.05. The number of methoxy groups -OCH3 is 1. The second kappa shape index (κ2) is 11.7. The minimum Gasteiger partial charge on any atom is -0.481 e. The van der Waals surface area contributed by atoms with Crippen LogP contribution in [-0.2, 0) is 22.6 Å². The highest BCUT2D eigenvalue weighted by Gasteiger charge is 2.15. The van der Waals surface area contributed by atoms with Crippen LogP contribution in [0, 0.1) is 12.7 Å². The lowest BCUT2D eigenvalue weighted by Crippen LogP contribution is -2.21. The summed E-state index contributed by atoms with van der Waals surface area (Å²) in [6.45, 7) is 3.30. The number of benzene rings is 3. The summed E-state index contributed by atoms with van der Waals surface area (Å²) in [6, 6.07) is 18.8. The summed E-state index contributed by atoms with van der Waals surface area (Å²) in [6.07, 6.45) is 0.428. The summed E-state index contributed by atoms with van der Waals surface area (Å²) in [4.78, 5) is 15.2.